The number of thiocarbonyl (C=S) groups is 1. The van der Waals surface area contributed by atoms with Crippen LogP contribution in [0.2, 0.25) is 5.02 Å². The second kappa shape index (κ2) is 10.9. The zero-order valence-corrected chi connectivity index (χ0v) is 21.1. The molecule has 3 rings (SSSR count). The molecule has 0 atom stereocenters. The number of carbonyl (C=O) groups excluding carboxylic acids is 2. The third-order valence-electron chi connectivity index (χ3n) is 4.19. The molecule has 0 radical (unpaired) electrons. The van der Waals surface area contributed by atoms with Crippen LogP contribution in [-0.4, -0.2) is 28.5 Å². The van der Waals surface area contributed by atoms with Gasteiger partial charge in [0, 0.05) is 16.1 Å². The summed E-state index contributed by atoms with van der Waals surface area (Å²) in [4.78, 5) is 34.5. The minimum atomic E-state index is -0.714. The standard InChI is InChI=1S/C20H13Br2ClN4O5S/c21-12-3-4-13-10(7-12)2-6-16(18(13)22)32-9-17(28)24-20(33)26-25-19(29)11-1-5-14(23)15(8-11)27(30)31/h1-8H,9H2,(H,25,29)(H2,24,26,28,33). The molecule has 0 saturated heterocycles. The predicted octanol–water partition coefficient (Wildman–Crippen LogP) is 4.64. The molecule has 170 valence electrons. The number of amides is 2. The summed E-state index contributed by atoms with van der Waals surface area (Å²) in [5, 5.41) is 14.9. The van der Waals surface area contributed by atoms with Crippen molar-refractivity contribution < 1.29 is 19.2 Å². The van der Waals surface area contributed by atoms with Gasteiger partial charge in [-0.05, 0) is 69.3 Å². The lowest BCUT2D eigenvalue weighted by Crippen LogP contribution is -2.49. The van der Waals surface area contributed by atoms with Gasteiger partial charge in [-0.2, -0.15) is 0 Å². The SMILES string of the molecule is O=C(COc1ccc2cc(Br)ccc2c1Br)NC(=S)NNC(=O)c1ccc(Cl)c([N+](=O)[O-])c1. The van der Waals surface area contributed by atoms with Crippen LogP contribution < -0.4 is 20.9 Å². The Labute approximate surface area is 214 Å². The molecule has 0 aliphatic carbocycles. The van der Waals surface area contributed by atoms with Crippen LogP contribution in [0.5, 0.6) is 5.75 Å². The second-order valence-electron chi connectivity index (χ2n) is 6.41. The highest BCUT2D eigenvalue weighted by molar-refractivity contribution is 9.11. The van der Waals surface area contributed by atoms with Crippen LogP contribution in [0.3, 0.4) is 0 Å². The highest BCUT2D eigenvalue weighted by Gasteiger charge is 2.17. The highest BCUT2D eigenvalue weighted by atomic mass is 79.9. The Kier molecular flexibility index (Phi) is 8.19. The Balaban J connectivity index is 1.51. The van der Waals surface area contributed by atoms with Gasteiger partial charge in [-0.3, -0.25) is 35.9 Å². The van der Waals surface area contributed by atoms with E-state index < -0.39 is 22.4 Å². The Bertz CT molecular complexity index is 1290. The largest absolute Gasteiger partial charge is 0.483 e. The van der Waals surface area contributed by atoms with Crippen molar-refractivity contribution in [2.24, 2.45) is 0 Å². The maximum Gasteiger partial charge on any atom is 0.288 e. The van der Waals surface area contributed by atoms with Crippen molar-refractivity contribution >= 4 is 89.1 Å². The number of carbonyl (C=O) groups is 2. The van der Waals surface area contributed by atoms with Crippen LogP contribution in [-0.2, 0) is 4.79 Å². The van der Waals surface area contributed by atoms with E-state index in [2.05, 4.69) is 48.0 Å². The molecule has 0 fully saturated rings. The Hall–Kier alpha value is -2.80. The summed E-state index contributed by atoms with van der Waals surface area (Å²) >= 11 is 17.6. The van der Waals surface area contributed by atoms with Crippen molar-refractivity contribution in [3.05, 3.63) is 78.2 Å². The minimum Gasteiger partial charge on any atom is -0.483 e. The van der Waals surface area contributed by atoms with Crippen LogP contribution in [0.25, 0.3) is 10.8 Å². The van der Waals surface area contributed by atoms with Gasteiger partial charge in [0.15, 0.2) is 11.7 Å². The van der Waals surface area contributed by atoms with Crippen molar-refractivity contribution in [1.82, 2.24) is 16.2 Å². The molecule has 0 aliphatic rings. The molecular formula is C20H13Br2ClN4O5S. The van der Waals surface area contributed by atoms with E-state index in [0.717, 1.165) is 21.3 Å². The van der Waals surface area contributed by atoms with Crippen molar-refractivity contribution in [2.75, 3.05) is 6.61 Å². The molecular weight excluding hydrogens is 604 g/mol. The quantitative estimate of drug-likeness (QED) is 0.217. The Morgan fingerprint density at radius 1 is 1.09 bits per heavy atom. The van der Waals surface area contributed by atoms with Crippen LogP contribution in [0.1, 0.15) is 10.4 Å². The number of benzene rings is 3. The van der Waals surface area contributed by atoms with Crippen molar-refractivity contribution in [3.8, 4) is 5.75 Å². The first-order chi connectivity index (χ1) is 15.7. The lowest BCUT2D eigenvalue weighted by atomic mass is 10.1. The van der Waals surface area contributed by atoms with E-state index in [9.17, 15) is 19.7 Å². The monoisotopic (exact) mass is 614 g/mol. The number of hydrogen-bond acceptors (Lipinski definition) is 6. The minimum absolute atomic E-state index is 0.0238. The van der Waals surface area contributed by atoms with Gasteiger partial charge >= 0.3 is 0 Å². The van der Waals surface area contributed by atoms with Gasteiger partial charge < -0.3 is 4.74 Å². The van der Waals surface area contributed by atoms with Crippen molar-refractivity contribution in [3.63, 3.8) is 0 Å². The molecule has 3 N–H and O–H groups in total. The Morgan fingerprint density at radius 3 is 2.58 bits per heavy atom. The number of hydrogen-bond donors (Lipinski definition) is 3. The predicted molar refractivity (Wildman–Crippen MR) is 134 cm³/mol. The van der Waals surface area contributed by atoms with E-state index in [-0.39, 0.29) is 22.3 Å². The van der Waals surface area contributed by atoms with Gasteiger partial charge in [0.1, 0.15) is 10.8 Å². The molecule has 13 heteroatoms. The molecule has 2 amide bonds. The fourth-order valence-electron chi connectivity index (χ4n) is 2.67. The second-order valence-corrected chi connectivity index (χ2v) is 8.94. The summed E-state index contributed by atoms with van der Waals surface area (Å²) in [6, 6.07) is 12.9. The van der Waals surface area contributed by atoms with Crippen molar-refractivity contribution in [2.45, 2.75) is 0 Å². The molecule has 3 aromatic rings. The molecule has 0 spiro atoms. The topological polar surface area (TPSA) is 123 Å². The van der Waals surface area contributed by atoms with E-state index in [4.69, 9.17) is 28.6 Å². The number of nitrogens with one attached hydrogen (secondary N) is 3. The van der Waals surface area contributed by atoms with Gasteiger partial charge in [0.25, 0.3) is 17.5 Å². The lowest BCUT2D eigenvalue weighted by Gasteiger charge is -2.13. The summed E-state index contributed by atoms with van der Waals surface area (Å²) < 4.78 is 7.20. The summed E-state index contributed by atoms with van der Waals surface area (Å²) in [5.74, 6) is -0.808. The average Bonchev–Trinajstić information content (AvgIpc) is 2.77. The number of nitro benzene ring substituents is 1. The maximum atomic E-state index is 12.2. The van der Waals surface area contributed by atoms with Gasteiger partial charge in [0.2, 0.25) is 0 Å². The number of halogens is 3. The molecule has 0 bridgehead atoms. The van der Waals surface area contributed by atoms with Gasteiger partial charge in [0.05, 0.1) is 9.40 Å². The summed E-state index contributed by atoms with van der Waals surface area (Å²) in [6.45, 7) is -0.334. The smallest absolute Gasteiger partial charge is 0.288 e. The third kappa shape index (κ3) is 6.38. The number of fused-ring (bicyclic) bond motifs is 1. The fourth-order valence-corrected chi connectivity index (χ4v) is 4.01. The number of ether oxygens (including phenoxy) is 1. The first-order valence-corrected chi connectivity index (χ1v) is 11.4. The van der Waals surface area contributed by atoms with E-state index in [1.807, 2.05) is 24.3 Å². The van der Waals surface area contributed by atoms with Gasteiger partial charge in [-0.15, -0.1) is 0 Å². The zero-order chi connectivity index (χ0) is 24.1. The van der Waals surface area contributed by atoms with Gasteiger partial charge in [-0.1, -0.05) is 39.7 Å². The summed E-state index contributed by atoms with van der Waals surface area (Å²) in [5.41, 5.74) is 4.14. The molecule has 0 aliphatic heterocycles. The summed E-state index contributed by atoms with van der Waals surface area (Å²) in [7, 11) is 0. The van der Waals surface area contributed by atoms with Crippen LogP contribution >= 0.6 is 55.7 Å². The fraction of sp³-hybridized carbons (Fsp3) is 0.0500. The van der Waals surface area contributed by atoms with Gasteiger partial charge in [-0.25, -0.2) is 0 Å². The van der Waals surface area contributed by atoms with E-state index in [1.54, 1.807) is 6.07 Å². The first-order valence-electron chi connectivity index (χ1n) is 9.00. The number of hydrazine groups is 1. The highest BCUT2D eigenvalue weighted by Crippen LogP contribution is 2.34. The third-order valence-corrected chi connectivity index (χ3v) is 6.02. The molecule has 0 heterocycles. The molecule has 9 nitrogen and oxygen atoms in total. The number of nitro groups is 1. The lowest BCUT2D eigenvalue weighted by molar-refractivity contribution is -0.384. The normalized spacial score (nSPS) is 10.4. The maximum absolute atomic E-state index is 12.2. The molecule has 0 aromatic heterocycles. The summed E-state index contributed by atoms with van der Waals surface area (Å²) in [6.07, 6.45) is 0. The van der Waals surface area contributed by atoms with E-state index >= 15 is 0 Å². The molecule has 0 unspecified atom stereocenters. The Morgan fingerprint density at radius 2 is 1.85 bits per heavy atom. The first kappa shape index (κ1) is 24.8. The molecule has 33 heavy (non-hydrogen) atoms. The number of rotatable bonds is 5. The van der Waals surface area contributed by atoms with E-state index in [1.165, 1.54) is 12.1 Å². The molecule has 0 saturated carbocycles. The zero-order valence-electron chi connectivity index (χ0n) is 16.4. The van der Waals surface area contributed by atoms with Crippen LogP contribution in [0, 0.1) is 10.1 Å². The van der Waals surface area contributed by atoms with E-state index in [0.29, 0.717) is 10.2 Å². The van der Waals surface area contributed by atoms with Crippen LogP contribution in [0.4, 0.5) is 5.69 Å². The average molecular weight is 617 g/mol. The van der Waals surface area contributed by atoms with Crippen LogP contribution in [0.15, 0.2) is 57.5 Å². The van der Waals surface area contributed by atoms with Crippen molar-refractivity contribution in [1.29, 1.82) is 0 Å². The number of nitrogens with zero attached hydrogens (tertiary/aromatic N) is 1. The molecule has 3 aromatic carbocycles.